The van der Waals surface area contributed by atoms with Gasteiger partial charge in [-0.15, -0.1) is 0 Å². The highest BCUT2D eigenvalue weighted by molar-refractivity contribution is 7.24. The Balaban J connectivity index is 1.94. The van der Waals surface area contributed by atoms with Gasteiger partial charge in [0.25, 0.3) is 11.5 Å². The molecular formula is C23H19F5N3O4P. The van der Waals surface area contributed by atoms with Crippen LogP contribution in [0.4, 0.5) is 39.0 Å². The van der Waals surface area contributed by atoms with E-state index in [0.29, 0.717) is 23.4 Å². The van der Waals surface area contributed by atoms with E-state index in [-0.39, 0.29) is 30.5 Å². The van der Waals surface area contributed by atoms with Crippen molar-refractivity contribution >= 4 is 32.0 Å². The molecule has 7 nitrogen and oxygen atoms in total. The number of hydrogen-bond acceptors (Lipinski definition) is 5. The molecule has 1 amide bonds. The molecule has 2 aromatic carbocycles. The topological polar surface area (TPSA) is 75.0 Å². The molecule has 3 aromatic rings. The summed E-state index contributed by atoms with van der Waals surface area (Å²) in [5.41, 5.74) is -1.49. The van der Waals surface area contributed by atoms with E-state index in [9.17, 15) is 31.5 Å². The molecule has 0 bridgehead atoms. The van der Waals surface area contributed by atoms with Crippen molar-refractivity contribution in [2.75, 3.05) is 16.5 Å². The van der Waals surface area contributed by atoms with Crippen LogP contribution in [0.3, 0.4) is 0 Å². The molecule has 0 saturated carbocycles. The van der Waals surface area contributed by atoms with Crippen LogP contribution in [0.25, 0.3) is 0 Å². The molecule has 0 spiro atoms. The Labute approximate surface area is 203 Å². The van der Waals surface area contributed by atoms with Gasteiger partial charge in [-0.25, -0.2) is 8.78 Å². The Kier molecular flexibility index (Phi) is 6.87. The highest BCUT2D eigenvalue weighted by atomic mass is 31.1. The maximum Gasteiger partial charge on any atom is 0.419 e. The smallest absolute Gasteiger partial charge is 0.352 e. The predicted octanol–water partition coefficient (Wildman–Crippen LogP) is 4.99. The van der Waals surface area contributed by atoms with Crippen molar-refractivity contribution in [3.8, 4) is 0 Å². The SMILES string of the molecule is Cc1cc(F)ccc1N1CN(c2ccc(=O)n(COPO)c2C)C(=O)c2cc(C(F)(F)F)c(F)cc21. The number of amides is 1. The highest BCUT2D eigenvalue weighted by Gasteiger charge is 2.40. The maximum atomic E-state index is 14.6. The van der Waals surface area contributed by atoms with Gasteiger partial charge in [0.1, 0.15) is 25.0 Å². The largest absolute Gasteiger partial charge is 0.419 e. The van der Waals surface area contributed by atoms with Gasteiger partial charge in [-0.2, -0.15) is 13.2 Å². The van der Waals surface area contributed by atoms with Gasteiger partial charge >= 0.3 is 6.18 Å². The second-order valence-electron chi connectivity index (χ2n) is 8.02. The number of benzene rings is 2. The fraction of sp³-hybridized carbons (Fsp3) is 0.217. The number of anilines is 3. The third-order valence-corrected chi connectivity index (χ3v) is 6.12. The maximum absolute atomic E-state index is 14.6. The lowest BCUT2D eigenvalue weighted by molar-refractivity contribution is -0.140. The molecule has 0 aliphatic carbocycles. The van der Waals surface area contributed by atoms with Crippen molar-refractivity contribution in [2.24, 2.45) is 0 Å². The number of carbonyl (C=O) groups excluding carboxylic acids is 1. The average Bonchev–Trinajstić information content (AvgIpc) is 2.79. The highest BCUT2D eigenvalue weighted by Crippen LogP contribution is 2.42. The Hall–Kier alpha value is -3.34. The molecule has 36 heavy (non-hydrogen) atoms. The van der Waals surface area contributed by atoms with Crippen LogP contribution < -0.4 is 15.4 Å². The van der Waals surface area contributed by atoms with Gasteiger partial charge < -0.3 is 14.3 Å². The van der Waals surface area contributed by atoms with Crippen molar-refractivity contribution in [3.05, 3.63) is 86.8 Å². The van der Waals surface area contributed by atoms with E-state index >= 15 is 0 Å². The Morgan fingerprint density at radius 3 is 2.31 bits per heavy atom. The van der Waals surface area contributed by atoms with Crippen LogP contribution in [0.1, 0.15) is 27.2 Å². The van der Waals surface area contributed by atoms with Crippen LogP contribution in [0, 0.1) is 25.5 Å². The van der Waals surface area contributed by atoms with Crippen molar-refractivity contribution in [1.82, 2.24) is 4.57 Å². The van der Waals surface area contributed by atoms with E-state index in [1.807, 2.05) is 0 Å². The molecule has 1 aliphatic heterocycles. The number of nitrogens with zero attached hydrogens (tertiary/aromatic N) is 3. The Morgan fingerprint density at radius 1 is 0.972 bits per heavy atom. The number of carbonyl (C=O) groups is 1. The summed E-state index contributed by atoms with van der Waals surface area (Å²) in [4.78, 5) is 37.3. The third kappa shape index (κ3) is 4.59. The molecule has 0 fully saturated rings. The zero-order valence-corrected chi connectivity index (χ0v) is 19.9. The molecule has 1 aliphatic rings. The van der Waals surface area contributed by atoms with Crippen molar-refractivity contribution in [2.45, 2.75) is 26.8 Å². The second kappa shape index (κ2) is 9.61. The van der Waals surface area contributed by atoms with E-state index in [1.165, 1.54) is 30.0 Å². The third-order valence-electron chi connectivity index (χ3n) is 5.86. The molecule has 0 saturated heterocycles. The minimum atomic E-state index is -5.05. The van der Waals surface area contributed by atoms with Crippen LogP contribution in [0.5, 0.6) is 0 Å². The lowest BCUT2D eigenvalue weighted by atomic mass is 10.0. The summed E-state index contributed by atoms with van der Waals surface area (Å²) in [6, 6.07) is 7.29. The number of alkyl halides is 3. The molecule has 1 atom stereocenters. The van der Waals surface area contributed by atoms with Gasteiger partial charge in [0, 0.05) is 17.4 Å². The second-order valence-corrected chi connectivity index (χ2v) is 8.49. The predicted molar refractivity (Wildman–Crippen MR) is 123 cm³/mol. The molecular weight excluding hydrogens is 508 g/mol. The lowest BCUT2D eigenvalue weighted by Gasteiger charge is -2.39. The molecule has 13 heteroatoms. The first-order valence-corrected chi connectivity index (χ1v) is 11.3. The molecule has 1 N–H and O–H groups in total. The summed E-state index contributed by atoms with van der Waals surface area (Å²) in [6.45, 7) is 2.47. The number of aryl methyl sites for hydroxylation is 1. The molecule has 4 rings (SSSR count). The summed E-state index contributed by atoms with van der Waals surface area (Å²) in [7, 11) is -0.905. The van der Waals surface area contributed by atoms with Gasteiger partial charge in [-0.3, -0.25) is 19.1 Å². The first-order chi connectivity index (χ1) is 16.9. The lowest BCUT2D eigenvalue weighted by Crippen LogP contribution is -2.46. The number of halogens is 5. The fourth-order valence-corrected chi connectivity index (χ4v) is 4.31. The van der Waals surface area contributed by atoms with E-state index in [0.717, 1.165) is 21.6 Å². The zero-order valence-electron chi connectivity index (χ0n) is 18.9. The standard InChI is InChI=1S/C23H19F5N3O4P/c1-12-7-14(24)3-4-18(12)29-10-30(19-5-6-21(32)31(13(19)2)11-35-36-34)22(33)15-8-16(23(26,27)28)17(25)9-20(15)29/h3-9,34,36H,10-11H2,1-2H3. The van der Waals surface area contributed by atoms with E-state index in [4.69, 9.17) is 9.42 Å². The van der Waals surface area contributed by atoms with Crippen LogP contribution in [-0.2, 0) is 17.4 Å². The summed E-state index contributed by atoms with van der Waals surface area (Å²) >= 11 is 0. The summed E-state index contributed by atoms with van der Waals surface area (Å²) in [6.07, 6.45) is -5.05. The summed E-state index contributed by atoms with van der Waals surface area (Å²) < 4.78 is 74.8. The Bertz CT molecular complexity index is 1410. The van der Waals surface area contributed by atoms with E-state index in [1.54, 1.807) is 6.92 Å². The number of fused-ring (bicyclic) bond motifs is 1. The average molecular weight is 527 g/mol. The van der Waals surface area contributed by atoms with Gasteiger partial charge in [0.2, 0.25) is 0 Å². The monoisotopic (exact) mass is 527 g/mol. The quantitative estimate of drug-likeness (QED) is 0.374. The van der Waals surface area contributed by atoms with Crippen LogP contribution in [0.2, 0.25) is 0 Å². The van der Waals surface area contributed by atoms with Gasteiger partial charge in [0.15, 0.2) is 9.03 Å². The van der Waals surface area contributed by atoms with Crippen LogP contribution >= 0.6 is 9.03 Å². The number of rotatable bonds is 5. The zero-order chi connectivity index (χ0) is 26.4. The molecule has 1 unspecified atom stereocenters. The molecule has 2 heterocycles. The summed E-state index contributed by atoms with van der Waals surface area (Å²) in [5.74, 6) is -2.96. The number of hydrogen-bond donors (Lipinski definition) is 1. The summed E-state index contributed by atoms with van der Waals surface area (Å²) in [5, 5.41) is 0. The minimum Gasteiger partial charge on any atom is -0.352 e. The number of pyridine rings is 1. The van der Waals surface area contributed by atoms with Crippen LogP contribution in [0.15, 0.2) is 47.3 Å². The van der Waals surface area contributed by atoms with Crippen molar-refractivity contribution in [3.63, 3.8) is 0 Å². The normalized spacial score (nSPS) is 14.2. The van der Waals surface area contributed by atoms with Gasteiger partial charge in [-0.05, 0) is 55.8 Å². The van der Waals surface area contributed by atoms with Gasteiger partial charge in [0.05, 0.1) is 22.5 Å². The Morgan fingerprint density at radius 2 is 1.67 bits per heavy atom. The van der Waals surface area contributed by atoms with E-state index < -0.39 is 49.4 Å². The molecule has 1 aromatic heterocycles. The van der Waals surface area contributed by atoms with E-state index in [2.05, 4.69) is 0 Å². The number of aromatic nitrogens is 1. The van der Waals surface area contributed by atoms with Crippen molar-refractivity contribution in [1.29, 1.82) is 0 Å². The minimum absolute atomic E-state index is 0.118. The molecule has 0 radical (unpaired) electrons. The first kappa shape index (κ1) is 25.7. The van der Waals surface area contributed by atoms with Crippen molar-refractivity contribution < 1.29 is 36.2 Å². The fourth-order valence-electron chi connectivity index (χ4n) is 4.12. The molecule has 190 valence electrons. The van der Waals surface area contributed by atoms with Crippen LogP contribution in [-0.4, -0.2) is 22.0 Å². The van der Waals surface area contributed by atoms with Gasteiger partial charge in [-0.1, -0.05) is 0 Å². The first-order valence-electron chi connectivity index (χ1n) is 10.4.